The van der Waals surface area contributed by atoms with Crippen molar-refractivity contribution in [3.8, 4) is 0 Å². The second kappa shape index (κ2) is 11.8. The fraction of sp³-hybridized carbons (Fsp3) is 0.375. The van der Waals surface area contributed by atoms with Crippen molar-refractivity contribution in [2.45, 2.75) is 57.6 Å². The highest BCUT2D eigenvalue weighted by atomic mass is 35.5. The number of hydrogen-bond acceptors (Lipinski definition) is 4. The number of aromatic nitrogens is 2. The quantitative estimate of drug-likeness (QED) is 0.238. The van der Waals surface area contributed by atoms with Gasteiger partial charge in [0.15, 0.2) is 0 Å². The number of ether oxygens (including phenoxy) is 1. The molecular formula is C32H35Cl2N3O3. The molecule has 5 rings (SSSR count). The van der Waals surface area contributed by atoms with Crippen LogP contribution in [0.1, 0.15) is 67.8 Å². The van der Waals surface area contributed by atoms with Crippen molar-refractivity contribution in [2.75, 3.05) is 19.7 Å². The van der Waals surface area contributed by atoms with Crippen LogP contribution in [0, 0.1) is 0 Å². The van der Waals surface area contributed by atoms with Gasteiger partial charge in [0, 0.05) is 40.4 Å². The van der Waals surface area contributed by atoms with Gasteiger partial charge in [0.25, 0.3) is 0 Å². The van der Waals surface area contributed by atoms with Crippen molar-refractivity contribution in [3.05, 3.63) is 99.2 Å². The summed E-state index contributed by atoms with van der Waals surface area (Å²) in [5.74, 6) is 0.169. The van der Waals surface area contributed by atoms with Crippen molar-refractivity contribution in [3.63, 3.8) is 0 Å². The number of aliphatic hydroxyl groups excluding tert-OH is 1. The Kier molecular flexibility index (Phi) is 8.41. The molecule has 4 aromatic rings. The third kappa shape index (κ3) is 6.30. The fourth-order valence-corrected chi connectivity index (χ4v) is 5.77. The number of hydrogen-bond donors (Lipinski definition) is 1. The average molecular weight is 581 g/mol. The SMILES string of the molecule is CC(C)(C)OC(=O)N1CCC(c2nn(CCO)c3ccc(C(c4ccc(Cl)cc4)c4ccc(Cl)cc4)cc23)CC1. The summed E-state index contributed by atoms with van der Waals surface area (Å²) in [4.78, 5) is 14.4. The second-order valence-corrected chi connectivity index (χ2v) is 12.3. The number of likely N-dealkylation sites (tertiary alicyclic amines) is 1. The van der Waals surface area contributed by atoms with E-state index in [2.05, 4.69) is 42.5 Å². The highest BCUT2D eigenvalue weighted by Gasteiger charge is 2.30. The Morgan fingerprint density at radius 2 is 1.50 bits per heavy atom. The van der Waals surface area contributed by atoms with Gasteiger partial charge in [0.2, 0.25) is 0 Å². The molecule has 0 atom stereocenters. The van der Waals surface area contributed by atoms with Crippen LogP contribution in [0.4, 0.5) is 4.79 Å². The van der Waals surface area contributed by atoms with E-state index in [1.165, 1.54) is 0 Å². The van der Waals surface area contributed by atoms with Crippen molar-refractivity contribution in [2.24, 2.45) is 0 Å². The van der Waals surface area contributed by atoms with Gasteiger partial charge in [-0.25, -0.2) is 4.79 Å². The van der Waals surface area contributed by atoms with Gasteiger partial charge in [-0.1, -0.05) is 53.5 Å². The molecule has 1 aromatic heterocycles. The Balaban J connectivity index is 1.52. The smallest absolute Gasteiger partial charge is 0.410 e. The van der Waals surface area contributed by atoms with Gasteiger partial charge in [0.1, 0.15) is 5.60 Å². The fourth-order valence-electron chi connectivity index (χ4n) is 5.52. The van der Waals surface area contributed by atoms with Crippen LogP contribution in [0.25, 0.3) is 10.9 Å². The predicted octanol–water partition coefficient (Wildman–Crippen LogP) is 7.63. The first-order valence-electron chi connectivity index (χ1n) is 13.7. The minimum atomic E-state index is -0.520. The standard InChI is InChI=1S/C32H35Cl2N3O3/c1-32(2,3)40-31(39)36-16-14-23(15-17-36)30-27-20-24(8-13-28(27)37(35-30)18-19-38)29(21-4-9-25(33)10-5-21)22-6-11-26(34)12-7-22/h4-13,20,23,29,38H,14-19H2,1-3H3. The van der Waals surface area contributed by atoms with Gasteiger partial charge >= 0.3 is 6.09 Å². The van der Waals surface area contributed by atoms with Crippen LogP contribution < -0.4 is 0 Å². The number of halogens is 2. The zero-order valence-electron chi connectivity index (χ0n) is 23.1. The summed E-state index contributed by atoms with van der Waals surface area (Å²) in [5, 5.41) is 17.2. The molecule has 40 heavy (non-hydrogen) atoms. The van der Waals surface area contributed by atoms with E-state index in [1.54, 1.807) is 4.90 Å². The summed E-state index contributed by atoms with van der Waals surface area (Å²) >= 11 is 12.5. The highest BCUT2D eigenvalue weighted by Crippen LogP contribution is 2.38. The largest absolute Gasteiger partial charge is 0.444 e. The highest BCUT2D eigenvalue weighted by molar-refractivity contribution is 6.30. The molecule has 6 nitrogen and oxygen atoms in total. The Bertz CT molecular complexity index is 1420. The molecule has 0 radical (unpaired) electrons. The monoisotopic (exact) mass is 579 g/mol. The maximum absolute atomic E-state index is 12.6. The van der Waals surface area contributed by atoms with Crippen LogP contribution in [0.2, 0.25) is 10.0 Å². The van der Waals surface area contributed by atoms with E-state index in [-0.39, 0.29) is 24.5 Å². The van der Waals surface area contributed by atoms with E-state index in [4.69, 9.17) is 33.0 Å². The van der Waals surface area contributed by atoms with E-state index in [0.29, 0.717) is 29.7 Å². The number of amides is 1. The molecule has 1 amide bonds. The van der Waals surface area contributed by atoms with Gasteiger partial charge in [-0.3, -0.25) is 4.68 Å². The van der Waals surface area contributed by atoms with E-state index in [1.807, 2.05) is 49.7 Å². The molecule has 1 aliphatic heterocycles. The topological polar surface area (TPSA) is 67.6 Å². The second-order valence-electron chi connectivity index (χ2n) is 11.4. The summed E-state index contributed by atoms with van der Waals surface area (Å²) in [5.41, 5.74) is 4.87. The zero-order chi connectivity index (χ0) is 28.4. The lowest BCUT2D eigenvalue weighted by Gasteiger charge is -2.33. The number of rotatable bonds is 6. The average Bonchev–Trinajstić information content (AvgIpc) is 3.28. The molecule has 0 spiro atoms. The lowest BCUT2D eigenvalue weighted by atomic mass is 9.84. The summed E-state index contributed by atoms with van der Waals surface area (Å²) in [6, 6.07) is 22.4. The zero-order valence-corrected chi connectivity index (χ0v) is 24.6. The van der Waals surface area contributed by atoms with Gasteiger partial charge in [-0.2, -0.15) is 5.10 Å². The summed E-state index contributed by atoms with van der Waals surface area (Å²) < 4.78 is 7.49. The third-order valence-electron chi connectivity index (χ3n) is 7.39. The van der Waals surface area contributed by atoms with Crippen LogP contribution in [0.5, 0.6) is 0 Å². The van der Waals surface area contributed by atoms with Crippen molar-refractivity contribution >= 4 is 40.2 Å². The predicted molar refractivity (Wildman–Crippen MR) is 160 cm³/mol. The van der Waals surface area contributed by atoms with Gasteiger partial charge < -0.3 is 14.7 Å². The molecule has 1 saturated heterocycles. The van der Waals surface area contributed by atoms with Gasteiger partial charge in [-0.15, -0.1) is 0 Å². The molecule has 210 valence electrons. The van der Waals surface area contributed by atoms with Crippen LogP contribution in [0.3, 0.4) is 0 Å². The maximum Gasteiger partial charge on any atom is 0.410 e. The summed E-state index contributed by atoms with van der Waals surface area (Å²) in [6.45, 7) is 7.32. The van der Waals surface area contributed by atoms with Crippen molar-refractivity contribution in [1.82, 2.24) is 14.7 Å². The van der Waals surface area contributed by atoms with Gasteiger partial charge in [-0.05, 0) is 86.7 Å². The number of benzene rings is 3. The number of carbonyl (C=O) groups is 1. The lowest BCUT2D eigenvalue weighted by molar-refractivity contribution is 0.0204. The minimum absolute atomic E-state index is 0.00718. The Morgan fingerprint density at radius 1 is 0.950 bits per heavy atom. The molecular weight excluding hydrogens is 545 g/mol. The van der Waals surface area contributed by atoms with E-state index < -0.39 is 5.60 Å². The van der Waals surface area contributed by atoms with Crippen molar-refractivity contribution in [1.29, 1.82) is 0 Å². The minimum Gasteiger partial charge on any atom is -0.444 e. The molecule has 3 aromatic carbocycles. The Labute approximate surface area is 245 Å². The molecule has 8 heteroatoms. The van der Waals surface area contributed by atoms with E-state index in [9.17, 15) is 9.90 Å². The van der Waals surface area contributed by atoms with Crippen LogP contribution >= 0.6 is 23.2 Å². The Morgan fingerprint density at radius 3 is 2.02 bits per heavy atom. The summed E-state index contributed by atoms with van der Waals surface area (Å²) in [6.07, 6.45) is 1.33. The van der Waals surface area contributed by atoms with Crippen LogP contribution in [-0.4, -0.2) is 51.2 Å². The number of fused-ring (bicyclic) bond motifs is 1. The number of aliphatic hydroxyl groups is 1. The Hall–Kier alpha value is -3.06. The number of nitrogens with zero attached hydrogens (tertiary/aromatic N) is 3. The normalized spacial score (nSPS) is 14.7. The van der Waals surface area contributed by atoms with Crippen molar-refractivity contribution < 1.29 is 14.6 Å². The molecule has 1 aliphatic rings. The third-order valence-corrected chi connectivity index (χ3v) is 7.89. The first kappa shape index (κ1) is 28.5. The lowest BCUT2D eigenvalue weighted by Crippen LogP contribution is -2.41. The molecule has 0 saturated carbocycles. The molecule has 1 fully saturated rings. The first-order valence-corrected chi connectivity index (χ1v) is 14.5. The number of carbonyl (C=O) groups excluding carboxylic acids is 1. The number of piperidine rings is 1. The summed E-state index contributed by atoms with van der Waals surface area (Å²) in [7, 11) is 0. The van der Waals surface area contributed by atoms with Crippen LogP contribution in [0.15, 0.2) is 66.7 Å². The van der Waals surface area contributed by atoms with Gasteiger partial charge in [0.05, 0.1) is 24.4 Å². The van der Waals surface area contributed by atoms with E-state index in [0.717, 1.165) is 46.1 Å². The van der Waals surface area contributed by atoms with E-state index >= 15 is 0 Å². The molecule has 1 N–H and O–H groups in total. The van der Waals surface area contributed by atoms with Crippen LogP contribution in [-0.2, 0) is 11.3 Å². The molecule has 0 aliphatic carbocycles. The molecule has 0 bridgehead atoms. The molecule has 0 unspecified atom stereocenters. The molecule has 2 heterocycles. The first-order chi connectivity index (χ1) is 19.1. The maximum atomic E-state index is 12.6.